The van der Waals surface area contributed by atoms with Crippen molar-refractivity contribution < 1.29 is 9.90 Å². The molecule has 0 fully saturated rings. The Hall–Kier alpha value is -1.20. The lowest BCUT2D eigenvalue weighted by molar-refractivity contribution is 0.0694. The number of carboxylic acids is 1. The molecule has 5 heteroatoms. The van der Waals surface area contributed by atoms with E-state index in [2.05, 4.69) is 24.1 Å². The van der Waals surface area contributed by atoms with Gasteiger partial charge in [0.15, 0.2) is 0 Å². The van der Waals surface area contributed by atoms with Crippen LogP contribution in [0.3, 0.4) is 0 Å². The van der Waals surface area contributed by atoms with Gasteiger partial charge in [0.1, 0.15) is 0 Å². The number of hydrogen-bond acceptors (Lipinski definition) is 4. The molecule has 0 atom stereocenters. The SMILES string of the molecule is CCCN(CC)CCNc1cccc(SC)c1C(=O)O. The molecule has 0 unspecified atom stereocenters. The second-order valence-corrected chi connectivity index (χ2v) is 5.40. The molecule has 4 nitrogen and oxygen atoms in total. The second kappa shape index (κ2) is 8.87. The highest BCUT2D eigenvalue weighted by Crippen LogP contribution is 2.26. The van der Waals surface area contributed by atoms with Gasteiger partial charge in [-0.05, 0) is 37.9 Å². The Balaban J connectivity index is 2.70. The zero-order chi connectivity index (χ0) is 15.0. The van der Waals surface area contributed by atoms with Gasteiger partial charge in [-0.2, -0.15) is 0 Å². The Labute approximate surface area is 125 Å². The number of carboxylic acid groups (broad SMARTS) is 1. The number of nitrogens with one attached hydrogen (secondary N) is 1. The highest BCUT2D eigenvalue weighted by molar-refractivity contribution is 7.98. The van der Waals surface area contributed by atoms with Crippen LogP contribution in [-0.4, -0.2) is 48.4 Å². The van der Waals surface area contributed by atoms with Gasteiger partial charge in [0.25, 0.3) is 0 Å². The molecule has 0 aliphatic heterocycles. The van der Waals surface area contributed by atoms with E-state index in [1.165, 1.54) is 11.8 Å². The zero-order valence-electron chi connectivity index (χ0n) is 12.5. The molecule has 0 bridgehead atoms. The van der Waals surface area contributed by atoms with Crippen molar-refractivity contribution in [2.75, 3.05) is 37.8 Å². The summed E-state index contributed by atoms with van der Waals surface area (Å²) >= 11 is 1.46. The Morgan fingerprint density at radius 1 is 1.35 bits per heavy atom. The van der Waals surface area contributed by atoms with E-state index in [1.54, 1.807) is 0 Å². The van der Waals surface area contributed by atoms with Crippen LogP contribution in [0.15, 0.2) is 23.1 Å². The molecule has 0 aromatic heterocycles. The first kappa shape index (κ1) is 16.9. The summed E-state index contributed by atoms with van der Waals surface area (Å²) in [7, 11) is 0. The lowest BCUT2D eigenvalue weighted by Crippen LogP contribution is -2.29. The highest BCUT2D eigenvalue weighted by Gasteiger charge is 2.14. The first-order valence-corrected chi connectivity index (χ1v) is 8.23. The molecule has 0 spiro atoms. The number of anilines is 1. The number of benzene rings is 1. The van der Waals surface area contributed by atoms with Crippen LogP contribution in [0.2, 0.25) is 0 Å². The van der Waals surface area contributed by atoms with E-state index in [4.69, 9.17) is 0 Å². The maximum absolute atomic E-state index is 11.4. The largest absolute Gasteiger partial charge is 0.478 e. The lowest BCUT2D eigenvalue weighted by Gasteiger charge is -2.20. The summed E-state index contributed by atoms with van der Waals surface area (Å²) in [6.07, 6.45) is 3.03. The van der Waals surface area contributed by atoms with Crippen molar-refractivity contribution in [3.8, 4) is 0 Å². The molecular formula is C15H24N2O2S. The standard InChI is InChI=1S/C15H24N2O2S/c1-4-10-17(5-2)11-9-16-12-7-6-8-13(20-3)14(12)15(18)19/h6-8,16H,4-5,9-11H2,1-3H3,(H,18,19). The van der Waals surface area contributed by atoms with Gasteiger partial charge < -0.3 is 15.3 Å². The summed E-state index contributed by atoms with van der Waals surface area (Å²) in [5.41, 5.74) is 1.08. The Kier molecular flexibility index (Phi) is 7.47. The van der Waals surface area contributed by atoms with E-state index in [9.17, 15) is 9.90 Å². The predicted molar refractivity (Wildman–Crippen MR) is 86.1 cm³/mol. The third kappa shape index (κ3) is 4.72. The summed E-state index contributed by atoms with van der Waals surface area (Å²) in [5.74, 6) is -0.877. The molecule has 0 saturated heterocycles. The third-order valence-electron chi connectivity index (χ3n) is 3.19. The Morgan fingerprint density at radius 2 is 2.10 bits per heavy atom. The van der Waals surface area contributed by atoms with E-state index in [1.807, 2.05) is 24.5 Å². The fourth-order valence-electron chi connectivity index (χ4n) is 2.16. The van der Waals surface area contributed by atoms with Crippen LogP contribution in [0.4, 0.5) is 5.69 Å². The van der Waals surface area contributed by atoms with E-state index in [0.29, 0.717) is 11.3 Å². The molecule has 1 aromatic carbocycles. The summed E-state index contributed by atoms with van der Waals surface area (Å²) in [4.78, 5) is 14.5. The number of rotatable bonds is 9. The highest BCUT2D eigenvalue weighted by atomic mass is 32.2. The minimum atomic E-state index is -0.877. The maximum Gasteiger partial charge on any atom is 0.338 e. The predicted octanol–water partition coefficient (Wildman–Crippen LogP) is 3.25. The number of likely N-dealkylation sites (N-methyl/N-ethyl adjacent to an activating group) is 1. The molecule has 0 aliphatic carbocycles. The van der Waals surface area contributed by atoms with Crippen LogP contribution in [0, 0.1) is 0 Å². The number of hydrogen-bond donors (Lipinski definition) is 2. The molecule has 20 heavy (non-hydrogen) atoms. The van der Waals surface area contributed by atoms with E-state index >= 15 is 0 Å². The van der Waals surface area contributed by atoms with Crippen molar-refractivity contribution in [3.63, 3.8) is 0 Å². The topological polar surface area (TPSA) is 52.6 Å². The van der Waals surface area contributed by atoms with E-state index in [-0.39, 0.29) is 0 Å². The van der Waals surface area contributed by atoms with Gasteiger partial charge in [0.2, 0.25) is 0 Å². The number of nitrogens with zero attached hydrogens (tertiary/aromatic N) is 1. The Bertz CT molecular complexity index is 438. The van der Waals surface area contributed by atoms with Crippen LogP contribution in [0.5, 0.6) is 0 Å². The van der Waals surface area contributed by atoms with Crippen molar-refractivity contribution in [2.45, 2.75) is 25.2 Å². The van der Waals surface area contributed by atoms with Gasteiger partial charge in [0.05, 0.1) is 5.56 Å². The number of aromatic carboxylic acids is 1. The molecule has 2 N–H and O–H groups in total. The van der Waals surface area contributed by atoms with Gasteiger partial charge in [-0.1, -0.05) is 19.9 Å². The average Bonchev–Trinajstić information content (AvgIpc) is 2.45. The van der Waals surface area contributed by atoms with Gasteiger partial charge in [-0.3, -0.25) is 0 Å². The first-order chi connectivity index (χ1) is 9.63. The smallest absolute Gasteiger partial charge is 0.338 e. The summed E-state index contributed by atoms with van der Waals surface area (Å²) in [5, 5.41) is 12.6. The first-order valence-electron chi connectivity index (χ1n) is 7.00. The van der Waals surface area contributed by atoms with E-state index in [0.717, 1.165) is 37.5 Å². The molecule has 0 amide bonds. The number of carbonyl (C=O) groups is 1. The zero-order valence-corrected chi connectivity index (χ0v) is 13.3. The van der Waals surface area contributed by atoms with Crippen LogP contribution in [-0.2, 0) is 0 Å². The monoisotopic (exact) mass is 296 g/mol. The van der Waals surface area contributed by atoms with Gasteiger partial charge in [-0.15, -0.1) is 11.8 Å². The summed E-state index contributed by atoms with van der Waals surface area (Å²) in [6.45, 7) is 8.09. The summed E-state index contributed by atoms with van der Waals surface area (Å²) in [6, 6.07) is 5.57. The van der Waals surface area contributed by atoms with Crippen molar-refractivity contribution in [1.82, 2.24) is 4.90 Å². The fourth-order valence-corrected chi connectivity index (χ4v) is 2.78. The summed E-state index contributed by atoms with van der Waals surface area (Å²) < 4.78 is 0. The molecular weight excluding hydrogens is 272 g/mol. The minimum absolute atomic E-state index is 0.374. The number of thioether (sulfide) groups is 1. The van der Waals surface area contributed by atoms with Crippen molar-refractivity contribution >= 4 is 23.4 Å². The molecule has 0 heterocycles. The molecule has 0 aliphatic rings. The van der Waals surface area contributed by atoms with Crippen molar-refractivity contribution in [3.05, 3.63) is 23.8 Å². The van der Waals surface area contributed by atoms with Gasteiger partial charge >= 0.3 is 5.97 Å². The van der Waals surface area contributed by atoms with Crippen LogP contribution >= 0.6 is 11.8 Å². The molecule has 0 saturated carbocycles. The van der Waals surface area contributed by atoms with Crippen molar-refractivity contribution in [2.24, 2.45) is 0 Å². The van der Waals surface area contributed by atoms with Crippen LogP contribution < -0.4 is 5.32 Å². The molecule has 112 valence electrons. The average molecular weight is 296 g/mol. The third-order valence-corrected chi connectivity index (χ3v) is 3.97. The van der Waals surface area contributed by atoms with Gasteiger partial charge in [0, 0.05) is 23.7 Å². The molecule has 0 radical (unpaired) electrons. The Morgan fingerprint density at radius 3 is 2.65 bits per heavy atom. The second-order valence-electron chi connectivity index (χ2n) is 4.55. The lowest BCUT2D eigenvalue weighted by atomic mass is 10.1. The quantitative estimate of drug-likeness (QED) is 0.685. The van der Waals surface area contributed by atoms with E-state index < -0.39 is 5.97 Å². The molecule has 1 rings (SSSR count). The molecule has 1 aromatic rings. The minimum Gasteiger partial charge on any atom is -0.478 e. The van der Waals surface area contributed by atoms with Crippen LogP contribution in [0.1, 0.15) is 30.6 Å². The normalized spacial score (nSPS) is 10.8. The maximum atomic E-state index is 11.4. The van der Waals surface area contributed by atoms with Gasteiger partial charge in [-0.25, -0.2) is 4.79 Å². The fraction of sp³-hybridized carbons (Fsp3) is 0.533. The van der Waals surface area contributed by atoms with Crippen molar-refractivity contribution in [1.29, 1.82) is 0 Å². The van der Waals surface area contributed by atoms with Crippen LogP contribution in [0.25, 0.3) is 0 Å².